The SMILES string of the molecule is Cc1[nH]c(C(=O)O)c(C)c1C(=O)N1CCC(CO)CC1. The highest BCUT2D eigenvalue weighted by Crippen LogP contribution is 2.23. The van der Waals surface area contributed by atoms with Crippen LogP contribution in [0.1, 0.15) is 44.9 Å². The van der Waals surface area contributed by atoms with Crippen LogP contribution in [0.2, 0.25) is 0 Å². The van der Waals surface area contributed by atoms with Crippen molar-refractivity contribution in [1.82, 2.24) is 9.88 Å². The molecule has 0 saturated carbocycles. The fourth-order valence-corrected chi connectivity index (χ4v) is 2.76. The van der Waals surface area contributed by atoms with E-state index in [0.29, 0.717) is 29.9 Å². The number of likely N-dealkylation sites (tertiary alicyclic amines) is 1. The van der Waals surface area contributed by atoms with Gasteiger partial charge in [0.2, 0.25) is 0 Å². The Labute approximate surface area is 117 Å². The molecule has 2 heterocycles. The van der Waals surface area contributed by atoms with Crippen molar-refractivity contribution in [2.24, 2.45) is 5.92 Å². The number of aromatic carboxylic acids is 1. The van der Waals surface area contributed by atoms with Gasteiger partial charge in [0.15, 0.2) is 0 Å². The molecule has 110 valence electrons. The maximum Gasteiger partial charge on any atom is 0.352 e. The number of carboxylic acids is 1. The Balaban J connectivity index is 2.20. The van der Waals surface area contributed by atoms with E-state index in [1.807, 2.05) is 0 Å². The molecule has 1 aliphatic rings. The maximum atomic E-state index is 12.5. The summed E-state index contributed by atoms with van der Waals surface area (Å²) in [6.45, 7) is 4.74. The quantitative estimate of drug-likeness (QED) is 0.775. The van der Waals surface area contributed by atoms with Gasteiger partial charge >= 0.3 is 5.97 Å². The average Bonchev–Trinajstić information content (AvgIpc) is 2.73. The van der Waals surface area contributed by atoms with Gasteiger partial charge in [-0.1, -0.05) is 0 Å². The number of rotatable bonds is 3. The van der Waals surface area contributed by atoms with Crippen LogP contribution >= 0.6 is 0 Å². The Morgan fingerprint density at radius 2 is 1.90 bits per heavy atom. The number of aromatic nitrogens is 1. The fourth-order valence-electron chi connectivity index (χ4n) is 2.76. The lowest BCUT2D eigenvalue weighted by Gasteiger charge is -2.31. The molecule has 0 spiro atoms. The molecule has 3 N–H and O–H groups in total. The van der Waals surface area contributed by atoms with E-state index in [9.17, 15) is 9.59 Å². The van der Waals surface area contributed by atoms with Crippen molar-refractivity contribution in [3.63, 3.8) is 0 Å². The third-order valence-electron chi connectivity index (χ3n) is 4.03. The minimum atomic E-state index is -1.05. The highest BCUT2D eigenvalue weighted by Gasteiger charge is 2.28. The summed E-state index contributed by atoms with van der Waals surface area (Å²) < 4.78 is 0. The molecule has 0 radical (unpaired) electrons. The molecule has 2 rings (SSSR count). The number of nitrogens with zero attached hydrogens (tertiary/aromatic N) is 1. The van der Waals surface area contributed by atoms with Gasteiger partial charge in [0.1, 0.15) is 5.69 Å². The molecule has 1 saturated heterocycles. The molecular formula is C14H20N2O4. The zero-order chi connectivity index (χ0) is 14.9. The van der Waals surface area contributed by atoms with Crippen molar-refractivity contribution in [2.45, 2.75) is 26.7 Å². The molecule has 0 bridgehead atoms. The summed E-state index contributed by atoms with van der Waals surface area (Å²) in [5.74, 6) is -0.911. The summed E-state index contributed by atoms with van der Waals surface area (Å²) in [6, 6.07) is 0. The van der Waals surface area contributed by atoms with Crippen molar-refractivity contribution >= 4 is 11.9 Å². The molecular weight excluding hydrogens is 260 g/mol. The Morgan fingerprint density at radius 1 is 1.30 bits per heavy atom. The number of aryl methyl sites for hydroxylation is 1. The van der Waals surface area contributed by atoms with Crippen LogP contribution in [0.3, 0.4) is 0 Å². The predicted octanol–water partition coefficient (Wildman–Crippen LogP) is 1.17. The summed E-state index contributed by atoms with van der Waals surface area (Å²) in [5.41, 5.74) is 1.62. The van der Waals surface area contributed by atoms with E-state index in [4.69, 9.17) is 10.2 Å². The molecule has 0 atom stereocenters. The van der Waals surface area contributed by atoms with Crippen molar-refractivity contribution < 1.29 is 19.8 Å². The van der Waals surface area contributed by atoms with E-state index in [2.05, 4.69) is 4.98 Å². The minimum Gasteiger partial charge on any atom is -0.477 e. The van der Waals surface area contributed by atoms with Gasteiger partial charge in [0.05, 0.1) is 5.56 Å². The third kappa shape index (κ3) is 2.56. The van der Waals surface area contributed by atoms with Gasteiger partial charge in [-0.05, 0) is 38.2 Å². The minimum absolute atomic E-state index is 0.0797. The summed E-state index contributed by atoms with van der Waals surface area (Å²) in [7, 11) is 0. The molecule has 1 amide bonds. The molecule has 6 heteroatoms. The number of aliphatic hydroxyl groups is 1. The number of carboxylic acid groups (broad SMARTS) is 1. The molecule has 1 aromatic heterocycles. The topological polar surface area (TPSA) is 93.6 Å². The molecule has 6 nitrogen and oxygen atoms in total. The van der Waals surface area contributed by atoms with Crippen LogP contribution in [-0.4, -0.2) is 51.7 Å². The Hall–Kier alpha value is -1.82. The molecule has 0 aromatic carbocycles. The summed E-state index contributed by atoms with van der Waals surface area (Å²) in [5, 5.41) is 18.2. The van der Waals surface area contributed by atoms with E-state index in [0.717, 1.165) is 12.8 Å². The molecule has 20 heavy (non-hydrogen) atoms. The number of carbonyl (C=O) groups is 2. The normalized spacial score (nSPS) is 16.4. The van der Waals surface area contributed by atoms with Gasteiger partial charge in [-0.15, -0.1) is 0 Å². The van der Waals surface area contributed by atoms with E-state index in [1.54, 1.807) is 18.7 Å². The van der Waals surface area contributed by atoms with Crippen LogP contribution in [0.15, 0.2) is 0 Å². The number of amides is 1. The van der Waals surface area contributed by atoms with Crippen LogP contribution in [0.4, 0.5) is 0 Å². The summed E-state index contributed by atoms with van der Waals surface area (Å²) >= 11 is 0. The lowest BCUT2D eigenvalue weighted by molar-refractivity contribution is 0.0649. The van der Waals surface area contributed by atoms with Gasteiger partial charge in [-0.3, -0.25) is 4.79 Å². The lowest BCUT2D eigenvalue weighted by atomic mass is 9.97. The van der Waals surface area contributed by atoms with E-state index >= 15 is 0 Å². The van der Waals surface area contributed by atoms with Crippen molar-refractivity contribution in [2.75, 3.05) is 19.7 Å². The number of H-pyrrole nitrogens is 1. The van der Waals surface area contributed by atoms with E-state index in [-0.39, 0.29) is 24.1 Å². The standard InChI is InChI=1S/C14H20N2O4/c1-8-11(9(2)15-12(8)14(19)20)13(18)16-5-3-10(7-17)4-6-16/h10,15,17H,3-7H2,1-2H3,(H,19,20). The number of hydrogen-bond donors (Lipinski definition) is 3. The predicted molar refractivity (Wildman–Crippen MR) is 72.9 cm³/mol. The summed E-state index contributed by atoms with van der Waals surface area (Å²) in [6.07, 6.45) is 1.58. The summed E-state index contributed by atoms with van der Waals surface area (Å²) in [4.78, 5) is 28.1. The zero-order valence-corrected chi connectivity index (χ0v) is 11.8. The Bertz CT molecular complexity index is 528. The zero-order valence-electron chi connectivity index (χ0n) is 11.8. The van der Waals surface area contributed by atoms with Gasteiger partial charge < -0.3 is 20.1 Å². The fraction of sp³-hybridized carbons (Fsp3) is 0.571. The molecule has 0 unspecified atom stereocenters. The molecule has 1 aliphatic heterocycles. The van der Waals surface area contributed by atoms with Gasteiger partial charge in [0.25, 0.3) is 5.91 Å². The van der Waals surface area contributed by atoms with E-state index < -0.39 is 5.97 Å². The van der Waals surface area contributed by atoms with Crippen LogP contribution < -0.4 is 0 Å². The van der Waals surface area contributed by atoms with Crippen LogP contribution in [0.25, 0.3) is 0 Å². The van der Waals surface area contributed by atoms with Crippen molar-refractivity contribution in [1.29, 1.82) is 0 Å². The highest BCUT2D eigenvalue weighted by molar-refractivity contribution is 6.00. The van der Waals surface area contributed by atoms with Crippen LogP contribution in [-0.2, 0) is 0 Å². The second-order valence-electron chi connectivity index (χ2n) is 5.35. The maximum absolute atomic E-state index is 12.5. The Kier molecular flexibility index (Phi) is 4.13. The number of aromatic amines is 1. The highest BCUT2D eigenvalue weighted by atomic mass is 16.4. The second kappa shape index (κ2) is 5.66. The number of carbonyl (C=O) groups excluding carboxylic acids is 1. The number of piperidine rings is 1. The number of aliphatic hydroxyl groups excluding tert-OH is 1. The monoisotopic (exact) mass is 280 g/mol. The number of nitrogens with one attached hydrogen (secondary N) is 1. The first-order valence-electron chi connectivity index (χ1n) is 6.78. The first-order chi connectivity index (χ1) is 9.45. The Morgan fingerprint density at radius 3 is 2.35 bits per heavy atom. The smallest absolute Gasteiger partial charge is 0.352 e. The van der Waals surface area contributed by atoms with Crippen LogP contribution in [0, 0.1) is 19.8 Å². The van der Waals surface area contributed by atoms with Gasteiger partial charge in [-0.2, -0.15) is 0 Å². The first-order valence-corrected chi connectivity index (χ1v) is 6.78. The first kappa shape index (κ1) is 14.6. The second-order valence-corrected chi connectivity index (χ2v) is 5.35. The molecule has 0 aliphatic carbocycles. The number of hydrogen-bond acceptors (Lipinski definition) is 3. The third-order valence-corrected chi connectivity index (χ3v) is 4.03. The lowest BCUT2D eigenvalue weighted by Crippen LogP contribution is -2.39. The van der Waals surface area contributed by atoms with Crippen LogP contribution in [0.5, 0.6) is 0 Å². The van der Waals surface area contributed by atoms with Gasteiger partial charge in [0, 0.05) is 25.4 Å². The molecule has 1 fully saturated rings. The van der Waals surface area contributed by atoms with Crippen molar-refractivity contribution in [3.8, 4) is 0 Å². The van der Waals surface area contributed by atoms with Crippen molar-refractivity contribution in [3.05, 3.63) is 22.5 Å². The largest absolute Gasteiger partial charge is 0.477 e. The van der Waals surface area contributed by atoms with E-state index in [1.165, 1.54) is 0 Å². The average molecular weight is 280 g/mol. The molecule has 1 aromatic rings. The van der Waals surface area contributed by atoms with Gasteiger partial charge in [-0.25, -0.2) is 4.79 Å².